The van der Waals surface area contributed by atoms with Crippen molar-refractivity contribution in [3.63, 3.8) is 0 Å². The number of ether oxygens (including phenoxy) is 1. The summed E-state index contributed by atoms with van der Waals surface area (Å²) in [6.45, 7) is 0. The van der Waals surface area contributed by atoms with Gasteiger partial charge in [-0.05, 0) is 42.0 Å². The van der Waals surface area contributed by atoms with Crippen molar-refractivity contribution >= 4 is 33.2 Å². The van der Waals surface area contributed by atoms with Crippen molar-refractivity contribution in [3.8, 4) is 11.5 Å². The Kier molecular flexibility index (Phi) is 5.86. The third-order valence-electron chi connectivity index (χ3n) is 5.45. The lowest BCUT2D eigenvalue weighted by molar-refractivity contribution is -0.132. The maximum absolute atomic E-state index is 13.1. The summed E-state index contributed by atoms with van der Waals surface area (Å²) < 4.78 is 28.4. The van der Waals surface area contributed by atoms with Crippen molar-refractivity contribution in [2.24, 2.45) is 5.14 Å². The predicted octanol–water partition coefficient (Wildman–Crippen LogP) is 2.67. The number of primary sulfonamides is 1. The second-order valence-electron chi connectivity index (χ2n) is 7.51. The van der Waals surface area contributed by atoms with Crippen LogP contribution in [-0.2, 0) is 19.6 Å². The predicted molar refractivity (Wildman–Crippen MR) is 124 cm³/mol. The minimum Gasteiger partial charge on any atom is -0.507 e. The van der Waals surface area contributed by atoms with Crippen LogP contribution in [0.1, 0.15) is 17.2 Å². The van der Waals surface area contributed by atoms with Crippen LogP contribution in [0, 0.1) is 0 Å². The van der Waals surface area contributed by atoms with Crippen LogP contribution in [0.25, 0.3) is 5.76 Å². The molecule has 1 atom stereocenters. The molecule has 1 fully saturated rings. The molecule has 1 unspecified atom stereocenters. The fraction of sp³-hybridized carbons (Fsp3) is 0.0833. The number of benzene rings is 3. The highest BCUT2D eigenvalue weighted by atomic mass is 32.2. The molecule has 4 rings (SSSR count). The molecule has 1 saturated heterocycles. The molecule has 10 heteroatoms. The van der Waals surface area contributed by atoms with Gasteiger partial charge in [0.2, 0.25) is 10.0 Å². The van der Waals surface area contributed by atoms with Gasteiger partial charge in [0.05, 0.1) is 23.6 Å². The fourth-order valence-corrected chi connectivity index (χ4v) is 4.34. The fourth-order valence-electron chi connectivity index (χ4n) is 3.83. The quantitative estimate of drug-likeness (QED) is 0.289. The van der Waals surface area contributed by atoms with Crippen LogP contribution in [0.2, 0.25) is 0 Å². The monoisotopic (exact) mass is 480 g/mol. The summed E-state index contributed by atoms with van der Waals surface area (Å²) in [7, 11) is -2.62. The summed E-state index contributed by atoms with van der Waals surface area (Å²) in [5.41, 5.74) is 0.751. The van der Waals surface area contributed by atoms with Crippen molar-refractivity contribution < 1.29 is 33.0 Å². The molecule has 34 heavy (non-hydrogen) atoms. The van der Waals surface area contributed by atoms with E-state index in [2.05, 4.69) is 0 Å². The number of carbonyl (C=O) groups is 2. The number of amides is 1. The van der Waals surface area contributed by atoms with Gasteiger partial charge in [-0.1, -0.05) is 36.4 Å². The Morgan fingerprint density at radius 1 is 1.00 bits per heavy atom. The zero-order valence-electron chi connectivity index (χ0n) is 17.9. The van der Waals surface area contributed by atoms with Gasteiger partial charge in [0.25, 0.3) is 11.7 Å². The Hall–Kier alpha value is -4.15. The summed E-state index contributed by atoms with van der Waals surface area (Å²) in [6.07, 6.45) is 0. The molecule has 0 spiro atoms. The van der Waals surface area contributed by atoms with Crippen molar-refractivity contribution in [1.82, 2.24) is 0 Å². The Bertz CT molecular complexity index is 1420. The van der Waals surface area contributed by atoms with Crippen LogP contribution in [0.4, 0.5) is 5.69 Å². The molecule has 3 aromatic rings. The van der Waals surface area contributed by atoms with Gasteiger partial charge in [0.1, 0.15) is 5.76 Å². The first-order valence-corrected chi connectivity index (χ1v) is 11.5. The van der Waals surface area contributed by atoms with Gasteiger partial charge < -0.3 is 14.9 Å². The van der Waals surface area contributed by atoms with E-state index >= 15 is 0 Å². The van der Waals surface area contributed by atoms with E-state index in [4.69, 9.17) is 9.88 Å². The second-order valence-corrected chi connectivity index (χ2v) is 9.07. The number of ketones is 1. The number of Topliss-reactive ketones (excluding diaryl/α,β-unsaturated/α-hetero) is 1. The first-order valence-electron chi connectivity index (χ1n) is 9.99. The first-order chi connectivity index (χ1) is 16.1. The number of phenolic OH excluding ortho intramolecular Hbond substituents is 1. The van der Waals surface area contributed by atoms with E-state index in [1.165, 1.54) is 49.6 Å². The molecule has 0 aliphatic carbocycles. The lowest BCUT2D eigenvalue weighted by atomic mass is 9.95. The Morgan fingerprint density at radius 2 is 1.65 bits per heavy atom. The molecule has 0 aromatic heterocycles. The molecule has 1 heterocycles. The van der Waals surface area contributed by atoms with E-state index in [9.17, 15) is 28.2 Å². The van der Waals surface area contributed by atoms with Crippen LogP contribution in [0.5, 0.6) is 11.5 Å². The zero-order chi connectivity index (χ0) is 24.6. The van der Waals surface area contributed by atoms with E-state index in [1.54, 1.807) is 30.3 Å². The summed E-state index contributed by atoms with van der Waals surface area (Å²) in [6, 6.07) is 16.6. The number of sulfonamides is 1. The molecular weight excluding hydrogens is 460 g/mol. The number of aliphatic hydroxyl groups is 1. The third-order valence-corrected chi connectivity index (χ3v) is 6.38. The van der Waals surface area contributed by atoms with Gasteiger partial charge in [-0.25, -0.2) is 13.6 Å². The lowest BCUT2D eigenvalue weighted by Gasteiger charge is -2.26. The van der Waals surface area contributed by atoms with E-state index in [0.29, 0.717) is 11.1 Å². The van der Waals surface area contributed by atoms with Gasteiger partial charge in [-0.15, -0.1) is 0 Å². The average molecular weight is 480 g/mol. The number of anilines is 1. The number of hydrogen-bond acceptors (Lipinski definition) is 7. The van der Waals surface area contributed by atoms with Gasteiger partial charge >= 0.3 is 0 Å². The van der Waals surface area contributed by atoms with Crippen molar-refractivity contribution in [2.45, 2.75) is 10.9 Å². The normalized spacial score (nSPS) is 17.7. The largest absolute Gasteiger partial charge is 0.507 e. The lowest BCUT2D eigenvalue weighted by Crippen LogP contribution is -2.29. The Morgan fingerprint density at radius 3 is 2.24 bits per heavy atom. The van der Waals surface area contributed by atoms with Crippen LogP contribution in [-0.4, -0.2) is 37.4 Å². The highest BCUT2D eigenvalue weighted by molar-refractivity contribution is 7.89. The maximum atomic E-state index is 13.1. The van der Waals surface area contributed by atoms with Crippen LogP contribution < -0.4 is 14.8 Å². The summed E-state index contributed by atoms with van der Waals surface area (Å²) in [5.74, 6) is -2.26. The molecule has 1 amide bonds. The van der Waals surface area contributed by atoms with Gasteiger partial charge in [0.15, 0.2) is 11.5 Å². The molecule has 3 aromatic carbocycles. The highest BCUT2D eigenvalue weighted by Gasteiger charge is 2.47. The minimum absolute atomic E-state index is 0.104. The number of hydrogen-bond donors (Lipinski definition) is 3. The number of carbonyl (C=O) groups excluding carboxylic acids is 2. The van der Waals surface area contributed by atoms with Gasteiger partial charge in [-0.2, -0.15) is 0 Å². The van der Waals surface area contributed by atoms with Gasteiger partial charge in [-0.3, -0.25) is 14.5 Å². The summed E-state index contributed by atoms with van der Waals surface area (Å²) in [5, 5.41) is 26.2. The number of nitrogens with zero attached hydrogens (tertiary/aromatic N) is 1. The Balaban J connectivity index is 1.95. The number of aromatic hydroxyl groups is 1. The van der Waals surface area contributed by atoms with Crippen LogP contribution in [0.3, 0.4) is 0 Å². The van der Waals surface area contributed by atoms with E-state index in [0.717, 1.165) is 4.90 Å². The van der Waals surface area contributed by atoms with Crippen molar-refractivity contribution in [3.05, 3.63) is 89.5 Å². The molecule has 174 valence electrons. The molecule has 0 bridgehead atoms. The molecular formula is C24H20N2O7S. The number of phenols is 1. The van der Waals surface area contributed by atoms with Crippen molar-refractivity contribution in [2.75, 3.05) is 12.0 Å². The number of methoxy groups -OCH3 is 1. The van der Waals surface area contributed by atoms with E-state index in [-0.39, 0.29) is 33.4 Å². The average Bonchev–Trinajstić information content (AvgIpc) is 3.09. The number of aliphatic hydroxyl groups excluding tert-OH is 1. The van der Waals surface area contributed by atoms with E-state index < -0.39 is 27.8 Å². The maximum Gasteiger partial charge on any atom is 0.300 e. The number of rotatable bonds is 5. The third kappa shape index (κ3) is 4.00. The summed E-state index contributed by atoms with van der Waals surface area (Å²) in [4.78, 5) is 27.3. The zero-order valence-corrected chi connectivity index (χ0v) is 18.7. The van der Waals surface area contributed by atoms with Crippen LogP contribution in [0.15, 0.2) is 83.3 Å². The standard InChI is InChI=1S/C24H20N2O7S/c1-33-19-13-15(7-12-18(19)27)21-20(22(28)14-5-3-2-4-6-14)23(29)24(30)26(21)16-8-10-17(11-9-16)34(25,31)32/h2-13,21,27-28H,1H3,(H2,25,31,32). The highest BCUT2D eigenvalue weighted by Crippen LogP contribution is 2.44. The smallest absolute Gasteiger partial charge is 0.300 e. The molecule has 9 nitrogen and oxygen atoms in total. The van der Waals surface area contributed by atoms with Crippen LogP contribution >= 0.6 is 0 Å². The van der Waals surface area contributed by atoms with E-state index in [1.807, 2.05) is 0 Å². The molecule has 0 saturated carbocycles. The number of nitrogens with two attached hydrogens (primary N) is 1. The van der Waals surface area contributed by atoms with Gasteiger partial charge in [0, 0.05) is 11.3 Å². The summed E-state index contributed by atoms with van der Waals surface area (Å²) >= 11 is 0. The molecule has 4 N–H and O–H groups in total. The Labute approximate surface area is 195 Å². The SMILES string of the molecule is COc1cc(C2C(=C(O)c3ccccc3)C(=O)C(=O)N2c2ccc(S(N)(=O)=O)cc2)ccc1O. The molecule has 1 aliphatic heterocycles. The second kappa shape index (κ2) is 8.65. The molecule has 0 radical (unpaired) electrons. The molecule has 1 aliphatic rings. The van der Waals surface area contributed by atoms with Crippen molar-refractivity contribution in [1.29, 1.82) is 0 Å². The first kappa shape index (κ1) is 23.0. The topological polar surface area (TPSA) is 147 Å². The minimum atomic E-state index is -3.97.